The third-order valence-electron chi connectivity index (χ3n) is 3.17. The molecule has 90 valence electrons. The van der Waals surface area contributed by atoms with Gasteiger partial charge >= 0.3 is 0 Å². The predicted molar refractivity (Wildman–Crippen MR) is 73.7 cm³/mol. The summed E-state index contributed by atoms with van der Waals surface area (Å²) in [6.07, 6.45) is 2.04. The molecule has 0 fully saturated rings. The van der Waals surface area contributed by atoms with Gasteiger partial charge in [-0.05, 0) is 30.7 Å². The summed E-state index contributed by atoms with van der Waals surface area (Å²) in [7, 11) is 2.02. The average molecular weight is 238 g/mol. The minimum atomic E-state index is 0.0365. The van der Waals surface area contributed by atoms with E-state index >= 15 is 0 Å². The fraction of sp³-hybridized carbons (Fsp3) is 0.133. The van der Waals surface area contributed by atoms with Gasteiger partial charge in [0.25, 0.3) is 0 Å². The summed E-state index contributed by atoms with van der Waals surface area (Å²) in [6, 6.07) is 11.5. The number of H-pyrrole nitrogens is 1. The Balaban J connectivity index is 2.22. The van der Waals surface area contributed by atoms with Crippen LogP contribution in [0.2, 0.25) is 0 Å². The minimum absolute atomic E-state index is 0.0365. The van der Waals surface area contributed by atoms with Gasteiger partial charge in [-0.25, -0.2) is 0 Å². The Morgan fingerprint density at radius 3 is 2.72 bits per heavy atom. The molecule has 0 saturated carbocycles. The molecule has 1 aromatic carbocycles. The Kier molecular flexibility index (Phi) is 2.33. The van der Waals surface area contributed by atoms with Crippen molar-refractivity contribution >= 4 is 10.9 Å². The highest BCUT2D eigenvalue weighted by atomic mass is 16.1. The van der Waals surface area contributed by atoms with E-state index in [1.807, 2.05) is 26.2 Å². The summed E-state index contributed by atoms with van der Waals surface area (Å²) < 4.78 is 2.08. The number of benzene rings is 1. The number of pyridine rings is 1. The molecule has 1 N–H and O–H groups in total. The molecule has 3 rings (SSSR count). The van der Waals surface area contributed by atoms with E-state index in [1.165, 1.54) is 10.9 Å². The molecule has 0 bridgehead atoms. The maximum absolute atomic E-state index is 11.5. The van der Waals surface area contributed by atoms with Crippen LogP contribution in [0.1, 0.15) is 5.69 Å². The van der Waals surface area contributed by atoms with Crippen LogP contribution < -0.4 is 5.43 Å². The Bertz CT molecular complexity index is 781. The fourth-order valence-corrected chi connectivity index (χ4v) is 2.29. The van der Waals surface area contributed by atoms with Crippen molar-refractivity contribution in [3.8, 4) is 11.3 Å². The minimum Gasteiger partial charge on any atom is -0.358 e. The van der Waals surface area contributed by atoms with Gasteiger partial charge in [0.15, 0.2) is 5.43 Å². The Hall–Kier alpha value is -2.29. The van der Waals surface area contributed by atoms with Gasteiger partial charge in [-0.2, -0.15) is 0 Å². The molecule has 0 unspecified atom stereocenters. The van der Waals surface area contributed by atoms with Crippen molar-refractivity contribution in [1.29, 1.82) is 0 Å². The number of nitrogens with one attached hydrogen (secondary N) is 1. The van der Waals surface area contributed by atoms with E-state index in [1.54, 1.807) is 12.1 Å². The molecule has 2 aromatic heterocycles. The van der Waals surface area contributed by atoms with Gasteiger partial charge < -0.3 is 9.55 Å². The number of hydrogen-bond donors (Lipinski definition) is 1. The Morgan fingerprint density at radius 1 is 1.11 bits per heavy atom. The van der Waals surface area contributed by atoms with Crippen LogP contribution in [0.25, 0.3) is 22.2 Å². The fourth-order valence-electron chi connectivity index (χ4n) is 2.29. The summed E-state index contributed by atoms with van der Waals surface area (Å²) in [5.41, 5.74) is 4.01. The van der Waals surface area contributed by atoms with Crippen LogP contribution in [-0.4, -0.2) is 9.55 Å². The summed E-state index contributed by atoms with van der Waals surface area (Å²) in [4.78, 5) is 14.8. The van der Waals surface area contributed by atoms with Gasteiger partial charge in [0.2, 0.25) is 0 Å². The molecule has 2 heterocycles. The Labute approximate surface area is 105 Å². The second-order valence-electron chi connectivity index (χ2n) is 4.61. The number of aryl methyl sites for hydroxylation is 2. The molecule has 0 radical (unpaired) electrons. The highest BCUT2D eigenvalue weighted by Crippen LogP contribution is 2.22. The lowest BCUT2D eigenvalue weighted by Gasteiger charge is -2.04. The molecule has 0 aliphatic carbocycles. The van der Waals surface area contributed by atoms with Crippen molar-refractivity contribution in [3.05, 3.63) is 58.5 Å². The topological polar surface area (TPSA) is 37.8 Å². The number of aromatic nitrogens is 2. The predicted octanol–water partition coefficient (Wildman–Crippen LogP) is 2.84. The lowest BCUT2D eigenvalue weighted by Crippen LogP contribution is -2.01. The third kappa shape index (κ3) is 1.74. The van der Waals surface area contributed by atoms with Crippen molar-refractivity contribution in [3.63, 3.8) is 0 Å². The first-order chi connectivity index (χ1) is 8.63. The van der Waals surface area contributed by atoms with Crippen LogP contribution in [0.4, 0.5) is 0 Å². The van der Waals surface area contributed by atoms with Crippen LogP contribution >= 0.6 is 0 Å². The van der Waals surface area contributed by atoms with Crippen molar-refractivity contribution in [2.75, 3.05) is 0 Å². The molecule has 18 heavy (non-hydrogen) atoms. The highest BCUT2D eigenvalue weighted by Gasteiger charge is 2.03. The zero-order valence-electron chi connectivity index (χ0n) is 10.4. The summed E-state index contributed by atoms with van der Waals surface area (Å²) in [5.74, 6) is 0. The van der Waals surface area contributed by atoms with Crippen LogP contribution in [0.5, 0.6) is 0 Å². The van der Waals surface area contributed by atoms with Gasteiger partial charge in [-0.1, -0.05) is 6.07 Å². The van der Waals surface area contributed by atoms with E-state index in [4.69, 9.17) is 0 Å². The number of aromatic amines is 1. The smallest absolute Gasteiger partial charge is 0.182 e. The maximum Gasteiger partial charge on any atom is 0.182 e. The van der Waals surface area contributed by atoms with Gasteiger partial charge in [-0.15, -0.1) is 0 Å². The maximum atomic E-state index is 11.5. The number of nitrogens with zero attached hydrogens (tertiary/aromatic N) is 1. The molecular formula is C15H14N2O. The monoisotopic (exact) mass is 238 g/mol. The van der Waals surface area contributed by atoms with E-state index in [-0.39, 0.29) is 5.43 Å². The summed E-state index contributed by atoms with van der Waals surface area (Å²) in [5, 5.41) is 1.18. The molecule has 0 aliphatic heterocycles. The van der Waals surface area contributed by atoms with Crippen molar-refractivity contribution in [1.82, 2.24) is 9.55 Å². The first-order valence-electron chi connectivity index (χ1n) is 5.90. The molecule has 3 heteroatoms. The molecule has 0 atom stereocenters. The van der Waals surface area contributed by atoms with Crippen LogP contribution in [-0.2, 0) is 7.05 Å². The van der Waals surface area contributed by atoms with Crippen LogP contribution in [0, 0.1) is 6.92 Å². The normalized spacial score (nSPS) is 11.0. The second-order valence-corrected chi connectivity index (χ2v) is 4.61. The third-order valence-corrected chi connectivity index (χ3v) is 3.17. The van der Waals surface area contributed by atoms with E-state index < -0.39 is 0 Å². The second kappa shape index (κ2) is 3.88. The van der Waals surface area contributed by atoms with Crippen molar-refractivity contribution in [2.24, 2.45) is 7.05 Å². The van der Waals surface area contributed by atoms with Gasteiger partial charge in [-0.3, -0.25) is 4.79 Å². The standard InChI is InChI=1S/C15H14N2O/c1-10-7-13(18)9-14(16-10)11-3-4-15-12(8-11)5-6-17(15)2/h3-9H,1-2H3,(H,16,18). The van der Waals surface area contributed by atoms with E-state index in [0.29, 0.717) is 0 Å². The van der Waals surface area contributed by atoms with E-state index in [0.717, 1.165) is 17.0 Å². The zero-order valence-corrected chi connectivity index (χ0v) is 10.4. The first-order valence-corrected chi connectivity index (χ1v) is 5.90. The molecule has 0 saturated heterocycles. The highest BCUT2D eigenvalue weighted by molar-refractivity contribution is 5.85. The lowest BCUT2D eigenvalue weighted by atomic mass is 10.1. The van der Waals surface area contributed by atoms with Crippen molar-refractivity contribution < 1.29 is 0 Å². The van der Waals surface area contributed by atoms with E-state index in [9.17, 15) is 4.79 Å². The van der Waals surface area contributed by atoms with Gasteiger partial charge in [0.1, 0.15) is 0 Å². The van der Waals surface area contributed by atoms with Gasteiger partial charge in [0.05, 0.1) is 0 Å². The Morgan fingerprint density at radius 2 is 1.94 bits per heavy atom. The zero-order chi connectivity index (χ0) is 12.7. The average Bonchev–Trinajstić information content (AvgIpc) is 2.69. The first kappa shape index (κ1) is 10.8. The molecule has 3 nitrogen and oxygen atoms in total. The number of fused-ring (bicyclic) bond motifs is 1. The van der Waals surface area contributed by atoms with Gasteiger partial charge in [0, 0.05) is 47.7 Å². The molecule has 0 amide bonds. The summed E-state index contributed by atoms with van der Waals surface area (Å²) in [6.45, 7) is 1.89. The largest absolute Gasteiger partial charge is 0.358 e. The number of rotatable bonds is 1. The lowest BCUT2D eigenvalue weighted by molar-refractivity contribution is 0.969. The molecule has 3 aromatic rings. The molecule has 0 aliphatic rings. The van der Waals surface area contributed by atoms with E-state index in [2.05, 4.69) is 27.8 Å². The molecular weight excluding hydrogens is 224 g/mol. The number of hydrogen-bond acceptors (Lipinski definition) is 1. The summed E-state index contributed by atoms with van der Waals surface area (Å²) >= 11 is 0. The SMILES string of the molecule is Cc1cc(=O)cc(-c2ccc3c(ccn3C)c2)[nH]1. The quantitative estimate of drug-likeness (QED) is 0.695. The van der Waals surface area contributed by atoms with Crippen LogP contribution in [0.3, 0.4) is 0 Å². The molecule has 0 spiro atoms. The van der Waals surface area contributed by atoms with Crippen molar-refractivity contribution in [2.45, 2.75) is 6.92 Å². The van der Waals surface area contributed by atoms with Crippen LogP contribution in [0.15, 0.2) is 47.4 Å².